The first-order valence-corrected chi connectivity index (χ1v) is 14.0. The van der Waals surface area contributed by atoms with Crippen molar-refractivity contribution in [2.75, 3.05) is 13.2 Å². The van der Waals surface area contributed by atoms with E-state index in [9.17, 15) is 23.5 Å². The highest BCUT2D eigenvalue weighted by atomic mass is 35.5. The van der Waals surface area contributed by atoms with E-state index in [1.54, 1.807) is 47.9 Å². The first-order valence-electron chi connectivity index (χ1n) is 13.6. The number of aromatic nitrogens is 1. The minimum atomic E-state index is -1.08. The van der Waals surface area contributed by atoms with Gasteiger partial charge in [0, 0.05) is 29.6 Å². The maximum Gasteiger partial charge on any atom is 0.323 e. The summed E-state index contributed by atoms with van der Waals surface area (Å²) in [5.74, 6) is -3.73. The molecular weight excluding hydrogens is 599 g/mol. The molecule has 0 amide bonds. The van der Waals surface area contributed by atoms with Crippen LogP contribution in [0.5, 0.6) is 11.5 Å². The third-order valence-electron chi connectivity index (χ3n) is 6.83. The van der Waals surface area contributed by atoms with E-state index in [0.29, 0.717) is 52.4 Å². The van der Waals surface area contributed by atoms with Crippen molar-refractivity contribution in [3.63, 3.8) is 0 Å². The van der Waals surface area contributed by atoms with E-state index in [1.165, 1.54) is 6.07 Å². The van der Waals surface area contributed by atoms with Crippen LogP contribution in [-0.2, 0) is 22.6 Å². The predicted octanol–water partition coefficient (Wildman–Crippen LogP) is 7.70. The summed E-state index contributed by atoms with van der Waals surface area (Å²) in [5, 5.41) is 18.5. The second-order valence-corrected chi connectivity index (χ2v) is 10.2. The van der Waals surface area contributed by atoms with Gasteiger partial charge in [-0.2, -0.15) is 0 Å². The molecular formula is C33H29ClF3NO6. The molecule has 4 rings (SSSR count). The third-order valence-corrected chi connectivity index (χ3v) is 7.19. The number of aliphatic carboxylic acids is 2. The van der Waals surface area contributed by atoms with Crippen LogP contribution in [0, 0.1) is 24.4 Å². The molecule has 1 aromatic heterocycles. The van der Waals surface area contributed by atoms with E-state index >= 15 is 4.39 Å². The molecule has 0 radical (unpaired) electrons. The summed E-state index contributed by atoms with van der Waals surface area (Å²) in [6.07, 6.45) is 7.41. The molecule has 0 fully saturated rings. The highest BCUT2D eigenvalue weighted by Crippen LogP contribution is 2.33. The van der Waals surface area contributed by atoms with Crippen molar-refractivity contribution in [1.82, 2.24) is 4.57 Å². The van der Waals surface area contributed by atoms with Crippen molar-refractivity contribution >= 4 is 46.6 Å². The minimum absolute atomic E-state index is 0.0333. The largest absolute Gasteiger partial charge is 0.490 e. The Morgan fingerprint density at radius 1 is 0.909 bits per heavy atom. The van der Waals surface area contributed by atoms with Crippen molar-refractivity contribution in [3.8, 4) is 11.5 Å². The molecule has 44 heavy (non-hydrogen) atoms. The number of nitrogens with zero attached hydrogens (tertiary/aromatic N) is 1. The molecule has 11 heteroatoms. The molecule has 0 aliphatic heterocycles. The number of halogens is 4. The number of rotatable bonds is 14. The summed E-state index contributed by atoms with van der Waals surface area (Å²) in [6, 6.07) is 11.7. The zero-order chi connectivity index (χ0) is 31.8. The lowest BCUT2D eigenvalue weighted by molar-refractivity contribution is -0.138. The molecule has 1 heterocycles. The Labute approximate surface area is 256 Å². The van der Waals surface area contributed by atoms with Gasteiger partial charge >= 0.3 is 11.9 Å². The number of hydrogen-bond donors (Lipinski definition) is 2. The molecule has 0 aliphatic carbocycles. The van der Waals surface area contributed by atoms with Crippen molar-refractivity contribution in [2.45, 2.75) is 32.7 Å². The van der Waals surface area contributed by atoms with Crippen LogP contribution in [0.25, 0.3) is 23.1 Å². The van der Waals surface area contributed by atoms with Crippen LogP contribution in [0.4, 0.5) is 13.2 Å². The van der Waals surface area contributed by atoms with Gasteiger partial charge in [-0.3, -0.25) is 9.59 Å². The third kappa shape index (κ3) is 8.02. The van der Waals surface area contributed by atoms with Crippen LogP contribution in [0.1, 0.15) is 35.2 Å². The van der Waals surface area contributed by atoms with Gasteiger partial charge in [0.25, 0.3) is 0 Å². The smallest absolute Gasteiger partial charge is 0.323 e. The molecule has 4 aromatic rings. The van der Waals surface area contributed by atoms with E-state index < -0.39 is 29.4 Å². The monoisotopic (exact) mass is 627 g/mol. The van der Waals surface area contributed by atoms with Crippen molar-refractivity contribution in [2.24, 2.45) is 0 Å². The van der Waals surface area contributed by atoms with E-state index in [0.717, 1.165) is 11.6 Å². The van der Waals surface area contributed by atoms with E-state index in [4.69, 9.17) is 26.2 Å². The lowest BCUT2D eigenvalue weighted by Gasteiger charge is -2.08. The lowest BCUT2D eigenvalue weighted by Crippen LogP contribution is -2.10. The first kappa shape index (κ1) is 32.2. The zero-order valence-electron chi connectivity index (χ0n) is 23.7. The van der Waals surface area contributed by atoms with Gasteiger partial charge in [-0.1, -0.05) is 35.9 Å². The molecule has 2 N–H and O–H groups in total. The van der Waals surface area contributed by atoms with Crippen LogP contribution < -0.4 is 9.47 Å². The van der Waals surface area contributed by atoms with Crippen molar-refractivity contribution in [1.29, 1.82) is 0 Å². The molecule has 0 saturated carbocycles. The molecule has 3 aromatic carbocycles. The molecule has 0 unspecified atom stereocenters. The Morgan fingerprint density at radius 3 is 2.30 bits per heavy atom. The molecule has 0 bridgehead atoms. The number of benzene rings is 3. The number of carbonyl (C=O) groups is 2. The fraction of sp³-hybridized carbons (Fsp3) is 0.212. The predicted molar refractivity (Wildman–Crippen MR) is 162 cm³/mol. The highest BCUT2D eigenvalue weighted by Gasteiger charge is 2.21. The minimum Gasteiger partial charge on any atom is -0.490 e. The Bertz CT molecular complexity index is 1730. The Kier molecular flexibility index (Phi) is 10.7. The van der Waals surface area contributed by atoms with Crippen molar-refractivity contribution < 1.29 is 42.4 Å². The first-order chi connectivity index (χ1) is 21.0. The molecule has 0 aliphatic rings. The Hall–Kier alpha value is -4.70. The summed E-state index contributed by atoms with van der Waals surface area (Å²) in [6.45, 7) is 1.60. The van der Waals surface area contributed by atoms with Gasteiger partial charge in [0.1, 0.15) is 53.7 Å². The molecule has 0 saturated heterocycles. The molecule has 0 spiro atoms. The standard InChI is InChI=1S/C33H29ClF3NO6/c1-20-25(5-4-6-29(39)40)31-26(36)14-11-22(33(31)38(20)19-30(41)42)10-7-21-8-12-24(13-9-21)43-15-2-3-16-44-28-18-23(35)17-27(37)32(28)34/h2-3,7-14,17-18H,4-6,15-16,19H2,1H3,(H,39,40)(H,41,42)/b3-2+,10-7?. The van der Waals surface area contributed by atoms with Gasteiger partial charge in [0.05, 0.1) is 5.52 Å². The summed E-state index contributed by atoms with van der Waals surface area (Å²) in [7, 11) is 0. The van der Waals surface area contributed by atoms with Gasteiger partial charge < -0.3 is 24.3 Å². The Balaban J connectivity index is 1.43. The highest BCUT2D eigenvalue weighted by molar-refractivity contribution is 6.32. The van der Waals surface area contributed by atoms with Gasteiger partial charge in [-0.25, -0.2) is 13.2 Å². The quantitative estimate of drug-likeness (QED) is 0.0845. The van der Waals surface area contributed by atoms with Crippen LogP contribution in [-0.4, -0.2) is 39.9 Å². The van der Waals surface area contributed by atoms with E-state index in [-0.39, 0.29) is 37.0 Å². The number of fused-ring (bicyclic) bond motifs is 1. The topological polar surface area (TPSA) is 98.0 Å². The van der Waals surface area contributed by atoms with Gasteiger partial charge in [0.15, 0.2) is 0 Å². The maximum absolute atomic E-state index is 15.1. The van der Waals surface area contributed by atoms with Gasteiger partial charge in [-0.05, 0) is 72.9 Å². The van der Waals surface area contributed by atoms with Crippen LogP contribution in [0.15, 0.2) is 60.7 Å². The summed E-state index contributed by atoms with van der Waals surface area (Å²) in [4.78, 5) is 22.7. The SMILES string of the molecule is Cc1c(CCCC(=O)O)c2c(F)ccc(C=Cc3ccc(OC/C=C/COc4cc(F)cc(F)c4Cl)cc3)c2n1CC(=O)O. The number of aryl methyl sites for hydroxylation is 1. The average molecular weight is 628 g/mol. The van der Waals surface area contributed by atoms with Crippen LogP contribution in [0.3, 0.4) is 0 Å². The molecule has 0 atom stereocenters. The number of hydrogen-bond acceptors (Lipinski definition) is 4. The normalized spacial score (nSPS) is 11.6. The van der Waals surface area contributed by atoms with E-state index in [1.807, 2.05) is 18.2 Å². The maximum atomic E-state index is 15.1. The second kappa shape index (κ2) is 14.7. The zero-order valence-corrected chi connectivity index (χ0v) is 24.4. The number of ether oxygens (including phenoxy) is 2. The summed E-state index contributed by atoms with van der Waals surface area (Å²) in [5.41, 5.74) is 3.05. The fourth-order valence-electron chi connectivity index (χ4n) is 4.78. The number of carboxylic acids is 2. The second-order valence-electron chi connectivity index (χ2n) is 9.85. The molecule has 230 valence electrons. The van der Waals surface area contributed by atoms with Crippen LogP contribution >= 0.6 is 11.6 Å². The Morgan fingerprint density at radius 2 is 1.61 bits per heavy atom. The summed E-state index contributed by atoms with van der Waals surface area (Å²) >= 11 is 5.77. The van der Waals surface area contributed by atoms with Gasteiger partial charge in [-0.15, -0.1) is 0 Å². The van der Waals surface area contributed by atoms with Crippen LogP contribution in [0.2, 0.25) is 5.02 Å². The van der Waals surface area contributed by atoms with E-state index in [2.05, 4.69) is 0 Å². The van der Waals surface area contributed by atoms with Gasteiger partial charge in [0.2, 0.25) is 0 Å². The number of carboxylic acid groups (broad SMARTS) is 2. The lowest BCUT2D eigenvalue weighted by atomic mass is 10.0. The summed E-state index contributed by atoms with van der Waals surface area (Å²) < 4.78 is 54.4. The average Bonchev–Trinajstić information content (AvgIpc) is 3.24. The fourth-order valence-corrected chi connectivity index (χ4v) is 4.94. The molecule has 7 nitrogen and oxygen atoms in total. The van der Waals surface area contributed by atoms with Crippen molar-refractivity contribution in [3.05, 3.63) is 106 Å².